The zero-order valence-corrected chi connectivity index (χ0v) is 22.1. The summed E-state index contributed by atoms with van der Waals surface area (Å²) in [5.41, 5.74) is -0.457. The van der Waals surface area contributed by atoms with Crippen LogP contribution < -0.4 is 4.90 Å². The van der Waals surface area contributed by atoms with E-state index in [1.807, 2.05) is 16.8 Å². The van der Waals surface area contributed by atoms with Gasteiger partial charge in [0, 0.05) is 10.9 Å². The van der Waals surface area contributed by atoms with Crippen LogP contribution in [0, 0.1) is 0 Å². The van der Waals surface area contributed by atoms with Gasteiger partial charge in [-0.15, -0.1) is 10.2 Å². The maximum Gasteiger partial charge on any atom is 0.422 e. The molecule has 0 radical (unpaired) electrons. The van der Waals surface area contributed by atoms with Crippen molar-refractivity contribution in [2.45, 2.75) is 57.9 Å². The first kappa shape index (κ1) is 26.4. The fraction of sp³-hybridized carbons (Fsp3) is 0.375. The molecule has 0 unspecified atom stereocenters. The summed E-state index contributed by atoms with van der Waals surface area (Å²) in [6.45, 7) is 10.4. The molecule has 0 spiro atoms. The van der Waals surface area contributed by atoms with Gasteiger partial charge in [-0.05, 0) is 65.1 Å². The molecule has 9 nitrogen and oxygen atoms in total. The third-order valence-electron chi connectivity index (χ3n) is 4.15. The van der Waals surface area contributed by atoms with Crippen LogP contribution in [0.4, 0.5) is 15.3 Å². The van der Waals surface area contributed by atoms with E-state index in [2.05, 4.69) is 10.2 Å². The second-order valence-electron chi connectivity index (χ2n) is 9.47. The molecule has 0 aliphatic heterocycles. The van der Waals surface area contributed by atoms with Gasteiger partial charge in [0.05, 0.1) is 11.4 Å². The molecule has 0 saturated heterocycles. The van der Waals surface area contributed by atoms with Crippen LogP contribution in [0.1, 0.15) is 41.5 Å². The fourth-order valence-corrected chi connectivity index (χ4v) is 4.25. The summed E-state index contributed by atoms with van der Waals surface area (Å²) in [6, 6.07) is 10.3. The minimum atomic E-state index is -0.790. The predicted molar refractivity (Wildman–Crippen MR) is 136 cm³/mol. The smallest absolute Gasteiger partial charge is 0.422 e. The lowest BCUT2D eigenvalue weighted by atomic mass is 10.2. The highest BCUT2D eigenvalue weighted by Crippen LogP contribution is 2.28. The number of hydrogen-bond donors (Lipinski definition) is 0. The number of thioether (sulfide) groups is 1. The number of imide groups is 1. The first-order chi connectivity index (χ1) is 16.4. The Balaban J connectivity index is 1.88. The van der Waals surface area contributed by atoms with E-state index in [0.717, 1.165) is 16.7 Å². The second kappa shape index (κ2) is 10.6. The van der Waals surface area contributed by atoms with Crippen molar-refractivity contribution in [2.24, 2.45) is 0 Å². The standard InChI is InChI=1S/C24H28N4O5S2/c1-23(2,3)32-21(30)27(17-10-8-7-9-11-17)18(29)15-35-20-26-25-19(16-12-13-34-14-16)28(20)22(31)33-24(4,5)6/h7-14H,15H2,1-6H3. The Labute approximate surface area is 212 Å². The maximum atomic E-state index is 13.2. The SMILES string of the molecule is CC(C)(C)OC(=O)N(C(=O)CSc1nnc(-c2ccsc2)n1C(=O)OC(C)(C)C)c1ccccc1. The molecule has 3 rings (SSSR count). The van der Waals surface area contributed by atoms with Crippen LogP contribution in [0.2, 0.25) is 0 Å². The molecule has 3 aromatic rings. The summed E-state index contributed by atoms with van der Waals surface area (Å²) in [7, 11) is 0. The first-order valence-electron chi connectivity index (χ1n) is 10.8. The van der Waals surface area contributed by atoms with Crippen molar-refractivity contribution < 1.29 is 23.9 Å². The van der Waals surface area contributed by atoms with Crippen molar-refractivity contribution in [3.8, 4) is 11.4 Å². The van der Waals surface area contributed by atoms with Gasteiger partial charge in [-0.3, -0.25) is 4.79 Å². The number of benzene rings is 1. The van der Waals surface area contributed by atoms with Gasteiger partial charge in [-0.25, -0.2) is 19.1 Å². The second-order valence-corrected chi connectivity index (χ2v) is 11.2. The van der Waals surface area contributed by atoms with Crippen LogP contribution in [0.15, 0.2) is 52.3 Å². The first-order valence-corrected chi connectivity index (χ1v) is 12.7. The summed E-state index contributed by atoms with van der Waals surface area (Å²) < 4.78 is 12.2. The highest BCUT2D eigenvalue weighted by atomic mass is 32.2. The van der Waals surface area contributed by atoms with Gasteiger partial charge in [0.15, 0.2) is 5.82 Å². The molecule has 0 aliphatic rings. The topological polar surface area (TPSA) is 104 Å². The molecule has 0 bridgehead atoms. The van der Waals surface area contributed by atoms with E-state index in [9.17, 15) is 14.4 Å². The Kier molecular flexibility index (Phi) is 8.01. The number of nitrogens with zero attached hydrogens (tertiary/aromatic N) is 4. The van der Waals surface area contributed by atoms with Gasteiger partial charge in [0.2, 0.25) is 11.1 Å². The fourth-order valence-electron chi connectivity index (χ4n) is 2.84. The summed E-state index contributed by atoms with van der Waals surface area (Å²) >= 11 is 2.43. The largest absolute Gasteiger partial charge is 0.443 e. The lowest BCUT2D eigenvalue weighted by Gasteiger charge is -2.26. The normalized spacial score (nSPS) is 11.7. The van der Waals surface area contributed by atoms with E-state index in [0.29, 0.717) is 17.1 Å². The van der Waals surface area contributed by atoms with Gasteiger partial charge in [-0.2, -0.15) is 11.3 Å². The number of amides is 2. The highest BCUT2D eigenvalue weighted by molar-refractivity contribution is 7.99. The Hall–Kier alpha value is -3.18. The third kappa shape index (κ3) is 7.15. The highest BCUT2D eigenvalue weighted by Gasteiger charge is 2.30. The van der Waals surface area contributed by atoms with Gasteiger partial charge < -0.3 is 9.47 Å². The molecule has 1 aromatic carbocycles. The maximum absolute atomic E-state index is 13.2. The number of carbonyl (C=O) groups is 3. The van der Waals surface area contributed by atoms with Crippen molar-refractivity contribution in [2.75, 3.05) is 10.7 Å². The molecule has 0 fully saturated rings. The Bertz CT molecular complexity index is 1180. The molecule has 0 atom stereocenters. The summed E-state index contributed by atoms with van der Waals surface area (Å²) in [5.74, 6) is -0.424. The van der Waals surface area contributed by atoms with Crippen LogP contribution in [-0.4, -0.2) is 49.8 Å². The number of para-hydroxylation sites is 1. The van der Waals surface area contributed by atoms with E-state index >= 15 is 0 Å². The molecule has 11 heteroatoms. The van der Waals surface area contributed by atoms with Crippen LogP contribution in [-0.2, 0) is 14.3 Å². The molecule has 0 N–H and O–H groups in total. The summed E-state index contributed by atoms with van der Waals surface area (Å²) in [4.78, 5) is 40.1. The average molecular weight is 517 g/mol. The van der Waals surface area contributed by atoms with E-state index in [1.165, 1.54) is 15.9 Å². The van der Waals surface area contributed by atoms with E-state index in [-0.39, 0.29) is 10.9 Å². The Morgan fingerprint density at radius 3 is 2.20 bits per heavy atom. The molecule has 186 valence electrons. The van der Waals surface area contributed by atoms with Gasteiger partial charge in [0.1, 0.15) is 11.2 Å². The number of rotatable bonds is 5. The molecule has 35 heavy (non-hydrogen) atoms. The predicted octanol–water partition coefficient (Wildman–Crippen LogP) is 5.85. The Morgan fingerprint density at radius 2 is 1.63 bits per heavy atom. The quantitative estimate of drug-likeness (QED) is 0.389. The zero-order chi connectivity index (χ0) is 25.8. The number of ether oxygens (including phenoxy) is 2. The molecule has 2 heterocycles. The van der Waals surface area contributed by atoms with Crippen LogP contribution in [0.5, 0.6) is 0 Å². The molecule has 2 amide bonds. The molecule has 0 aliphatic carbocycles. The van der Waals surface area contributed by atoms with Crippen LogP contribution in [0.25, 0.3) is 11.4 Å². The number of hydrogen-bond acceptors (Lipinski definition) is 9. The van der Waals surface area contributed by atoms with Gasteiger partial charge >= 0.3 is 12.2 Å². The van der Waals surface area contributed by atoms with E-state index in [1.54, 1.807) is 71.9 Å². The van der Waals surface area contributed by atoms with Crippen LogP contribution in [0.3, 0.4) is 0 Å². The number of anilines is 1. The molecule has 2 aromatic heterocycles. The lowest BCUT2D eigenvalue weighted by Crippen LogP contribution is -2.42. The van der Waals surface area contributed by atoms with Crippen molar-refractivity contribution in [3.05, 3.63) is 47.2 Å². The number of thiophene rings is 1. The van der Waals surface area contributed by atoms with Gasteiger partial charge in [0.25, 0.3) is 0 Å². The monoisotopic (exact) mass is 516 g/mol. The average Bonchev–Trinajstić information content (AvgIpc) is 3.40. The van der Waals surface area contributed by atoms with Crippen molar-refractivity contribution in [1.82, 2.24) is 14.8 Å². The molecule has 0 saturated carbocycles. The molecular formula is C24H28N4O5S2. The Morgan fingerprint density at radius 1 is 0.971 bits per heavy atom. The third-order valence-corrected chi connectivity index (χ3v) is 5.75. The minimum absolute atomic E-state index is 0.172. The summed E-state index contributed by atoms with van der Waals surface area (Å²) in [5, 5.41) is 12.1. The van der Waals surface area contributed by atoms with E-state index < -0.39 is 29.3 Å². The van der Waals surface area contributed by atoms with Crippen molar-refractivity contribution >= 4 is 46.9 Å². The van der Waals surface area contributed by atoms with Gasteiger partial charge in [-0.1, -0.05) is 30.0 Å². The van der Waals surface area contributed by atoms with Crippen molar-refractivity contribution in [3.63, 3.8) is 0 Å². The minimum Gasteiger partial charge on any atom is -0.443 e. The van der Waals surface area contributed by atoms with Crippen molar-refractivity contribution in [1.29, 1.82) is 0 Å². The number of aromatic nitrogens is 3. The number of carbonyl (C=O) groups excluding carboxylic acids is 3. The summed E-state index contributed by atoms with van der Waals surface area (Å²) in [6.07, 6.45) is -1.45. The molecular weight excluding hydrogens is 488 g/mol. The zero-order valence-electron chi connectivity index (χ0n) is 20.5. The van der Waals surface area contributed by atoms with E-state index in [4.69, 9.17) is 9.47 Å². The lowest BCUT2D eigenvalue weighted by molar-refractivity contribution is -0.116. The van der Waals surface area contributed by atoms with Crippen LogP contribution >= 0.6 is 23.1 Å².